The SMILES string of the molecule is Cc1csc(-c2cc(C#N)nn2NS(=O)(=O)c2ccccc2)c1. The van der Waals surface area contributed by atoms with Crippen molar-refractivity contribution >= 4 is 21.4 Å². The zero-order valence-corrected chi connectivity index (χ0v) is 13.7. The fourth-order valence-electron chi connectivity index (χ4n) is 2.01. The third kappa shape index (κ3) is 3.11. The van der Waals surface area contributed by atoms with Gasteiger partial charge in [-0.05, 0) is 36.1 Å². The van der Waals surface area contributed by atoms with E-state index in [0.717, 1.165) is 15.2 Å². The van der Waals surface area contributed by atoms with Crippen molar-refractivity contribution < 1.29 is 8.42 Å². The highest BCUT2D eigenvalue weighted by molar-refractivity contribution is 7.92. The third-order valence-corrected chi connectivity index (χ3v) is 5.44. The maximum Gasteiger partial charge on any atom is 0.276 e. The molecule has 0 aliphatic carbocycles. The van der Waals surface area contributed by atoms with Crippen molar-refractivity contribution in [3.05, 3.63) is 59.1 Å². The van der Waals surface area contributed by atoms with E-state index in [0.29, 0.717) is 5.69 Å². The minimum atomic E-state index is -3.79. The normalized spacial score (nSPS) is 11.1. The molecule has 3 rings (SSSR count). The van der Waals surface area contributed by atoms with Crippen LogP contribution in [0.25, 0.3) is 10.6 Å². The number of nitrogens with zero attached hydrogens (tertiary/aromatic N) is 3. The van der Waals surface area contributed by atoms with Crippen LogP contribution in [-0.4, -0.2) is 18.3 Å². The Hall–Kier alpha value is -2.63. The summed E-state index contributed by atoms with van der Waals surface area (Å²) >= 11 is 1.46. The van der Waals surface area contributed by atoms with E-state index in [-0.39, 0.29) is 10.6 Å². The van der Waals surface area contributed by atoms with Crippen LogP contribution in [0, 0.1) is 18.3 Å². The van der Waals surface area contributed by atoms with Crippen molar-refractivity contribution in [1.82, 2.24) is 9.89 Å². The van der Waals surface area contributed by atoms with Gasteiger partial charge in [-0.2, -0.15) is 23.3 Å². The second-order valence-electron chi connectivity index (χ2n) is 4.83. The fraction of sp³-hybridized carbons (Fsp3) is 0.0667. The van der Waals surface area contributed by atoms with Gasteiger partial charge in [-0.1, -0.05) is 18.2 Å². The zero-order valence-electron chi connectivity index (χ0n) is 12.1. The number of hydrogen-bond acceptors (Lipinski definition) is 5. The Morgan fingerprint density at radius 1 is 1.26 bits per heavy atom. The van der Waals surface area contributed by atoms with Crippen LogP contribution in [-0.2, 0) is 10.0 Å². The van der Waals surface area contributed by atoms with Gasteiger partial charge < -0.3 is 0 Å². The Morgan fingerprint density at radius 2 is 2.00 bits per heavy atom. The van der Waals surface area contributed by atoms with Gasteiger partial charge >= 0.3 is 0 Å². The topological polar surface area (TPSA) is 87.8 Å². The lowest BCUT2D eigenvalue weighted by molar-refractivity contribution is 0.592. The van der Waals surface area contributed by atoms with Crippen LogP contribution < -0.4 is 4.83 Å². The molecule has 0 atom stereocenters. The Bertz CT molecular complexity index is 982. The molecule has 116 valence electrons. The first-order valence-corrected chi connectivity index (χ1v) is 8.99. The second kappa shape index (κ2) is 5.87. The quantitative estimate of drug-likeness (QED) is 0.788. The van der Waals surface area contributed by atoms with Crippen molar-refractivity contribution in [3.8, 4) is 16.6 Å². The molecule has 0 unspecified atom stereocenters. The van der Waals surface area contributed by atoms with Crippen molar-refractivity contribution in [1.29, 1.82) is 5.26 Å². The van der Waals surface area contributed by atoms with Gasteiger partial charge in [-0.15, -0.1) is 16.4 Å². The predicted octanol–water partition coefficient (Wildman–Crippen LogP) is 2.72. The van der Waals surface area contributed by atoms with E-state index in [9.17, 15) is 8.42 Å². The monoisotopic (exact) mass is 344 g/mol. The molecule has 1 N–H and O–H groups in total. The van der Waals surface area contributed by atoms with Crippen LogP contribution in [0.3, 0.4) is 0 Å². The average molecular weight is 344 g/mol. The largest absolute Gasteiger partial charge is 0.276 e. The van der Waals surface area contributed by atoms with Crippen LogP contribution in [0.2, 0.25) is 0 Å². The minimum absolute atomic E-state index is 0.127. The van der Waals surface area contributed by atoms with Crippen LogP contribution in [0.1, 0.15) is 11.3 Å². The van der Waals surface area contributed by atoms with Gasteiger partial charge in [0.05, 0.1) is 9.77 Å². The highest BCUT2D eigenvalue weighted by Gasteiger charge is 2.18. The number of benzene rings is 1. The van der Waals surface area contributed by atoms with Crippen LogP contribution in [0.15, 0.2) is 52.7 Å². The van der Waals surface area contributed by atoms with Crippen LogP contribution >= 0.6 is 11.3 Å². The summed E-state index contributed by atoms with van der Waals surface area (Å²) in [5, 5.41) is 15.0. The third-order valence-electron chi connectivity index (χ3n) is 3.07. The lowest BCUT2D eigenvalue weighted by atomic mass is 10.3. The van der Waals surface area contributed by atoms with Gasteiger partial charge in [0.15, 0.2) is 5.69 Å². The zero-order chi connectivity index (χ0) is 16.4. The molecule has 0 saturated carbocycles. The Balaban J connectivity index is 2.04. The smallest absolute Gasteiger partial charge is 0.200 e. The summed E-state index contributed by atoms with van der Waals surface area (Å²) in [5.41, 5.74) is 1.73. The van der Waals surface area contributed by atoms with Crippen molar-refractivity contribution in [2.24, 2.45) is 0 Å². The van der Waals surface area contributed by atoms with E-state index in [4.69, 9.17) is 5.26 Å². The van der Waals surface area contributed by atoms with Gasteiger partial charge in [0.25, 0.3) is 10.0 Å². The average Bonchev–Trinajstić information content (AvgIpc) is 3.14. The highest BCUT2D eigenvalue weighted by atomic mass is 32.2. The first kappa shape index (κ1) is 15.3. The molecule has 2 aromatic heterocycles. The number of rotatable bonds is 4. The highest BCUT2D eigenvalue weighted by Crippen LogP contribution is 2.27. The molecule has 1 aromatic carbocycles. The number of aromatic nitrogens is 2. The first-order chi connectivity index (χ1) is 11.0. The molecule has 0 radical (unpaired) electrons. The Morgan fingerprint density at radius 3 is 2.61 bits per heavy atom. The first-order valence-electron chi connectivity index (χ1n) is 6.63. The molecule has 6 nitrogen and oxygen atoms in total. The predicted molar refractivity (Wildman–Crippen MR) is 88.0 cm³/mol. The molecule has 0 saturated heterocycles. The molecule has 0 amide bonds. The number of hydrogen-bond donors (Lipinski definition) is 1. The second-order valence-corrected chi connectivity index (χ2v) is 7.41. The van der Waals surface area contributed by atoms with Crippen molar-refractivity contribution in [3.63, 3.8) is 0 Å². The summed E-state index contributed by atoms with van der Waals surface area (Å²) in [7, 11) is -3.79. The van der Waals surface area contributed by atoms with Gasteiger partial charge in [0.2, 0.25) is 0 Å². The fourth-order valence-corrected chi connectivity index (χ4v) is 3.90. The molecule has 0 fully saturated rings. The molecule has 0 aliphatic heterocycles. The standard InChI is InChI=1S/C15H12N4O2S2/c1-11-7-15(22-10-11)14-8-12(9-16)17-19(14)18-23(20,21)13-5-3-2-4-6-13/h2-8,10,18H,1H3. The minimum Gasteiger partial charge on any atom is -0.200 e. The summed E-state index contributed by atoms with van der Waals surface area (Å²) in [6, 6.07) is 13.4. The molecule has 0 bridgehead atoms. The van der Waals surface area contributed by atoms with Crippen LogP contribution in [0.5, 0.6) is 0 Å². The van der Waals surface area contributed by atoms with Crippen molar-refractivity contribution in [2.45, 2.75) is 11.8 Å². The van der Waals surface area contributed by atoms with E-state index < -0.39 is 10.0 Å². The molecule has 3 aromatic rings. The molecular weight excluding hydrogens is 332 g/mol. The van der Waals surface area contributed by atoms with E-state index in [1.807, 2.05) is 24.4 Å². The summed E-state index contributed by atoms with van der Waals surface area (Å²) < 4.78 is 24.9. The molecule has 2 heterocycles. The maximum absolute atomic E-state index is 12.4. The lowest BCUT2D eigenvalue weighted by Gasteiger charge is -2.10. The number of thiophene rings is 1. The molecule has 0 spiro atoms. The summed E-state index contributed by atoms with van der Waals surface area (Å²) in [6.07, 6.45) is 0. The molecule has 23 heavy (non-hydrogen) atoms. The van der Waals surface area contributed by atoms with E-state index in [2.05, 4.69) is 9.93 Å². The summed E-state index contributed by atoms with van der Waals surface area (Å²) in [4.78, 5) is 4.48. The molecular formula is C15H12N4O2S2. The van der Waals surface area contributed by atoms with Gasteiger partial charge in [0.1, 0.15) is 11.8 Å². The van der Waals surface area contributed by atoms with Crippen molar-refractivity contribution in [2.75, 3.05) is 4.83 Å². The maximum atomic E-state index is 12.4. The molecule has 0 aliphatic rings. The Kier molecular flexibility index (Phi) is 3.90. The number of sulfonamides is 1. The van der Waals surface area contributed by atoms with Gasteiger partial charge in [0, 0.05) is 6.07 Å². The summed E-state index contributed by atoms with van der Waals surface area (Å²) in [5.74, 6) is 0. The number of nitriles is 1. The summed E-state index contributed by atoms with van der Waals surface area (Å²) in [6.45, 7) is 1.94. The van der Waals surface area contributed by atoms with E-state index in [1.54, 1.807) is 24.3 Å². The number of nitrogens with one attached hydrogen (secondary N) is 1. The lowest BCUT2D eigenvalue weighted by Crippen LogP contribution is -2.25. The van der Waals surface area contributed by atoms with Crippen LogP contribution in [0.4, 0.5) is 0 Å². The van der Waals surface area contributed by atoms with Gasteiger partial charge in [-0.3, -0.25) is 0 Å². The van der Waals surface area contributed by atoms with E-state index >= 15 is 0 Å². The van der Waals surface area contributed by atoms with E-state index in [1.165, 1.54) is 23.5 Å². The Labute approximate surface area is 137 Å². The number of aryl methyl sites for hydroxylation is 1. The molecule has 8 heteroatoms. The van der Waals surface area contributed by atoms with Gasteiger partial charge in [-0.25, -0.2) is 0 Å².